The van der Waals surface area contributed by atoms with Crippen molar-refractivity contribution in [3.05, 3.63) is 0 Å². The van der Waals surface area contributed by atoms with Crippen LogP contribution in [0.1, 0.15) is 6.92 Å². The highest BCUT2D eigenvalue weighted by molar-refractivity contribution is 5.65. The summed E-state index contributed by atoms with van der Waals surface area (Å²) in [4.78, 5) is 18.3. The lowest BCUT2D eigenvalue weighted by atomic mass is 10.8. The highest BCUT2D eigenvalue weighted by atomic mass is 17.2. The molecule has 0 spiro atoms. The van der Waals surface area contributed by atoms with E-state index in [1.54, 1.807) is 0 Å². The van der Waals surface area contributed by atoms with Gasteiger partial charge in [0.15, 0.2) is 0 Å². The molecule has 0 rings (SSSR count). The van der Waals surface area contributed by atoms with Gasteiger partial charge in [0.05, 0.1) is 7.11 Å². The Kier molecular flexibility index (Phi) is 4.20. The summed E-state index contributed by atoms with van der Waals surface area (Å²) in [6, 6.07) is 0. The molecule has 8 heavy (non-hydrogen) atoms. The van der Waals surface area contributed by atoms with E-state index in [0.717, 1.165) is 0 Å². The molecule has 0 N–H and O–H groups in total. The van der Waals surface area contributed by atoms with E-state index in [1.807, 2.05) is 0 Å². The van der Waals surface area contributed by atoms with Crippen molar-refractivity contribution in [1.29, 1.82) is 0 Å². The van der Waals surface area contributed by atoms with E-state index in [2.05, 4.69) is 14.5 Å². The van der Waals surface area contributed by atoms with Gasteiger partial charge in [0.2, 0.25) is 6.79 Å². The van der Waals surface area contributed by atoms with Crippen molar-refractivity contribution in [2.45, 2.75) is 6.92 Å². The van der Waals surface area contributed by atoms with Crippen LogP contribution in [0.3, 0.4) is 0 Å². The first-order valence-corrected chi connectivity index (χ1v) is 2.06. The molecule has 0 aliphatic heterocycles. The number of hydrogen-bond acceptors (Lipinski definition) is 4. The molecule has 0 amide bonds. The SMILES string of the molecule is COOCOC(C)=O. The van der Waals surface area contributed by atoms with Gasteiger partial charge < -0.3 is 4.74 Å². The zero-order valence-electron chi connectivity index (χ0n) is 4.84. The van der Waals surface area contributed by atoms with Crippen LogP contribution in [0.4, 0.5) is 0 Å². The summed E-state index contributed by atoms with van der Waals surface area (Å²) in [6.07, 6.45) is 0. The van der Waals surface area contributed by atoms with Crippen LogP contribution in [0.5, 0.6) is 0 Å². The second-order valence-corrected chi connectivity index (χ2v) is 1.04. The van der Waals surface area contributed by atoms with Gasteiger partial charge in [-0.05, 0) is 0 Å². The van der Waals surface area contributed by atoms with Crippen molar-refractivity contribution >= 4 is 5.97 Å². The van der Waals surface area contributed by atoms with E-state index in [4.69, 9.17) is 0 Å². The fourth-order valence-corrected chi connectivity index (χ4v) is 0.155. The normalized spacial score (nSPS) is 8.75. The van der Waals surface area contributed by atoms with Crippen molar-refractivity contribution in [3.63, 3.8) is 0 Å². The third kappa shape index (κ3) is 5.39. The minimum atomic E-state index is -0.387. The summed E-state index contributed by atoms with van der Waals surface area (Å²) in [5, 5.41) is 0. The van der Waals surface area contributed by atoms with Crippen LogP contribution in [0.15, 0.2) is 0 Å². The molecule has 0 aromatic carbocycles. The van der Waals surface area contributed by atoms with E-state index < -0.39 is 0 Å². The zero-order valence-corrected chi connectivity index (χ0v) is 4.84. The summed E-state index contributed by atoms with van der Waals surface area (Å²) < 4.78 is 4.30. The smallest absolute Gasteiger partial charge is 0.304 e. The Bertz CT molecular complexity index is 70.4. The molecule has 4 heteroatoms. The molecule has 0 fully saturated rings. The molecule has 0 aliphatic rings. The Morgan fingerprint density at radius 2 is 2.25 bits per heavy atom. The summed E-state index contributed by atoms with van der Waals surface area (Å²) in [5.74, 6) is -0.387. The van der Waals surface area contributed by atoms with Crippen LogP contribution in [0, 0.1) is 0 Å². The van der Waals surface area contributed by atoms with Crippen molar-refractivity contribution in [1.82, 2.24) is 0 Å². The molecule has 48 valence electrons. The van der Waals surface area contributed by atoms with Crippen LogP contribution in [-0.2, 0) is 19.3 Å². The molecule has 0 radical (unpaired) electrons. The Labute approximate surface area is 47.3 Å². The topological polar surface area (TPSA) is 44.8 Å². The lowest BCUT2D eigenvalue weighted by molar-refractivity contribution is -0.312. The van der Waals surface area contributed by atoms with Gasteiger partial charge in [-0.1, -0.05) is 0 Å². The number of rotatable bonds is 3. The third-order valence-corrected chi connectivity index (χ3v) is 0.428. The zero-order chi connectivity index (χ0) is 6.41. The van der Waals surface area contributed by atoms with E-state index in [0.29, 0.717) is 0 Å². The van der Waals surface area contributed by atoms with Crippen LogP contribution in [0.25, 0.3) is 0 Å². The number of carbonyl (C=O) groups is 1. The first-order chi connectivity index (χ1) is 3.77. The van der Waals surface area contributed by atoms with Crippen LogP contribution in [0.2, 0.25) is 0 Å². The minimum absolute atomic E-state index is 0.147. The average Bonchev–Trinajstić information content (AvgIpc) is 1.66. The second kappa shape index (κ2) is 4.55. The van der Waals surface area contributed by atoms with Crippen LogP contribution in [-0.4, -0.2) is 19.9 Å². The maximum absolute atomic E-state index is 9.96. The van der Waals surface area contributed by atoms with Gasteiger partial charge in [0.1, 0.15) is 0 Å². The number of esters is 1. The second-order valence-electron chi connectivity index (χ2n) is 1.04. The monoisotopic (exact) mass is 120 g/mol. The third-order valence-electron chi connectivity index (χ3n) is 0.428. The largest absolute Gasteiger partial charge is 0.436 e. The van der Waals surface area contributed by atoms with Gasteiger partial charge in [0.25, 0.3) is 0 Å². The summed E-state index contributed by atoms with van der Waals surface area (Å²) in [6.45, 7) is 1.14. The first kappa shape index (κ1) is 7.39. The fourth-order valence-electron chi connectivity index (χ4n) is 0.155. The molecular weight excluding hydrogens is 112 g/mol. The van der Waals surface area contributed by atoms with Gasteiger partial charge in [-0.25, -0.2) is 4.89 Å². The predicted octanol–water partition coefficient (Wildman–Crippen LogP) is 0.0850. The molecular formula is C4H8O4. The van der Waals surface area contributed by atoms with E-state index in [9.17, 15) is 4.79 Å². The molecule has 0 atom stereocenters. The molecule has 0 saturated carbocycles. The molecule has 0 saturated heterocycles. The molecule has 0 bridgehead atoms. The van der Waals surface area contributed by atoms with Gasteiger partial charge in [-0.3, -0.25) is 4.79 Å². The maximum Gasteiger partial charge on any atom is 0.304 e. The molecule has 0 aromatic heterocycles. The summed E-state index contributed by atoms with van der Waals surface area (Å²) in [5.41, 5.74) is 0. The Balaban J connectivity index is 2.82. The number of hydrogen-bond donors (Lipinski definition) is 0. The summed E-state index contributed by atoms with van der Waals surface area (Å²) >= 11 is 0. The van der Waals surface area contributed by atoms with Crippen LogP contribution < -0.4 is 0 Å². The number of ether oxygens (including phenoxy) is 1. The van der Waals surface area contributed by atoms with Crippen molar-refractivity contribution < 1.29 is 19.3 Å². The number of carbonyl (C=O) groups excluding carboxylic acids is 1. The quantitative estimate of drug-likeness (QED) is 0.174. The maximum atomic E-state index is 9.96. The van der Waals surface area contributed by atoms with Gasteiger partial charge in [-0.2, -0.15) is 4.89 Å². The van der Waals surface area contributed by atoms with Crippen molar-refractivity contribution in [2.75, 3.05) is 13.9 Å². The van der Waals surface area contributed by atoms with Gasteiger partial charge in [0, 0.05) is 6.92 Å². The van der Waals surface area contributed by atoms with E-state index >= 15 is 0 Å². The van der Waals surface area contributed by atoms with Crippen LogP contribution >= 0.6 is 0 Å². The van der Waals surface area contributed by atoms with Gasteiger partial charge in [-0.15, -0.1) is 0 Å². The molecule has 0 heterocycles. The fraction of sp³-hybridized carbons (Fsp3) is 0.750. The highest BCUT2D eigenvalue weighted by Crippen LogP contribution is 1.77. The lowest BCUT2D eigenvalue weighted by Gasteiger charge is -1.97. The molecule has 4 nitrogen and oxygen atoms in total. The molecule has 0 unspecified atom stereocenters. The molecule has 0 aromatic rings. The van der Waals surface area contributed by atoms with Gasteiger partial charge >= 0.3 is 5.97 Å². The summed E-state index contributed by atoms with van der Waals surface area (Å²) in [7, 11) is 1.34. The van der Waals surface area contributed by atoms with E-state index in [1.165, 1.54) is 14.0 Å². The highest BCUT2D eigenvalue weighted by Gasteiger charge is 1.88. The average molecular weight is 120 g/mol. The Morgan fingerprint density at radius 1 is 1.62 bits per heavy atom. The lowest BCUT2D eigenvalue weighted by Crippen LogP contribution is -2.03. The minimum Gasteiger partial charge on any atom is -0.436 e. The molecule has 0 aliphatic carbocycles. The standard InChI is InChI=1S/C4H8O4/c1-4(5)7-3-8-6-2/h3H2,1-2H3. The first-order valence-electron chi connectivity index (χ1n) is 2.06. The van der Waals surface area contributed by atoms with E-state index in [-0.39, 0.29) is 12.8 Å². The van der Waals surface area contributed by atoms with Crippen molar-refractivity contribution in [3.8, 4) is 0 Å². The Morgan fingerprint density at radius 3 is 2.62 bits per heavy atom. The predicted molar refractivity (Wildman–Crippen MR) is 24.7 cm³/mol. The Hall–Kier alpha value is -0.610. The van der Waals surface area contributed by atoms with Crippen molar-refractivity contribution in [2.24, 2.45) is 0 Å².